The van der Waals surface area contributed by atoms with Crippen molar-refractivity contribution in [1.29, 1.82) is 0 Å². The van der Waals surface area contributed by atoms with E-state index in [0.29, 0.717) is 16.3 Å². The lowest BCUT2D eigenvalue weighted by atomic mass is 10.0. The number of hydrogen-bond donors (Lipinski definition) is 5. The molecule has 2 heterocycles. The zero-order valence-electron chi connectivity index (χ0n) is 27.2. The molecular formula is C39H42N4O5. The molecule has 6 rings (SSSR count). The maximum absolute atomic E-state index is 12.5. The number of rotatable bonds is 3. The fourth-order valence-corrected chi connectivity index (χ4v) is 4.93. The smallest absolute Gasteiger partial charge is 0.341 e. The molecule has 0 radical (unpaired) electrons. The molecule has 0 atom stereocenters. The first kappa shape index (κ1) is 36.5. The number of nitrogens with one attached hydrogen (secondary N) is 3. The predicted octanol–water partition coefficient (Wildman–Crippen LogP) is 7.76. The molecule has 248 valence electrons. The summed E-state index contributed by atoms with van der Waals surface area (Å²) >= 11 is 0. The summed E-state index contributed by atoms with van der Waals surface area (Å²) in [5.41, 5.74) is 14.8. The van der Waals surface area contributed by atoms with Gasteiger partial charge in [0.2, 0.25) is 10.9 Å². The van der Waals surface area contributed by atoms with Crippen LogP contribution >= 0.6 is 0 Å². The third-order valence-corrected chi connectivity index (χ3v) is 8.02. The van der Waals surface area contributed by atoms with Crippen LogP contribution in [0.2, 0.25) is 0 Å². The molecule has 0 saturated heterocycles. The number of aromatic amines is 2. The average molecular weight is 647 g/mol. The fourth-order valence-electron chi connectivity index (χ4n) is 4.93. The van der Waals surface area contributed by atoms with Gasteiger partial charge in [0.1, 0.15) is 11.1 Å². The van der Waals surface area contributed by atoms with Crippen LogP contribution in [-0.2, 0) is 0 Å². The van der Waals surface area contributed by atoms with Gasteiger partial charge in [-0.3, -0.25) is 14.4 Å². The number of nitrogen functional groups attached to an aromatic ring is 1. The second-order valence-corrected chi connectivity index (χ2v) is 11.5. The van der Waals surface area contributed by atoms with Crippen LogP contribution in [0.25, 0.3) is 21.8 Å². The second kappa shape index (κ2) is 15.6. The predicted molar refractivity (Wildman–Crippen MR) is 196 cm³/mol. The van der Waals surface area contributed by atoms with Gasteiger partial charge in [-0.2, -0.15) is 0 Å². The number of carboxylic acid groups (broad SMARTS) is 1. The normalized spacial score (nSPS) is 10.2. The highest BCUT2D eigenvalue weighted by Crippen LogP contribution is 2.21. The first-order valence-electron chi connectivity index (χ1n) is 14.9. The van der Waals surface area contributed by atoms with Crippen LogP contribution in [-0.4, -0.2) is 27.0 Å². The highest BCUT2D eigenvalue weighted by atomic mass is 16.4. The number of aromatic carboxylic acids is 1. The Morgan fingerprint density at radius 3 is 1.58 bits per heavy atom. The number of benzene rings is 4. The number of H-pyrrole nitrogens is 2. The number of anilines is 2. The van der Waals surface area contributed by atoms with E-state index in [4.69, 9.17) is 10.8 Å². The largest absolute Gasteiger partial charge is 0.477 e. The topological polar surface area (TPSA) is 158 Å². The molecule has 0 saturated carbocycles. The molecule has 0 bridgehead atoms. The van der Waals surface area contributed by atoms with Gasteiger partial charge in [0.05, 0.1) is 0 Å². The summed E-state index contributed by atoms with van der Waals surface area (Å²) in [6, 6.07) is 22.0. The van der Waals surface area contributed by atoms with Gasteiger partial charge in [0, 0.05) is 45.6 Å². The van der Waals surface area contributed by atoms with Crippen LogP contribution in [0.5, 0.6) is 0 Å². The number of para-hydroxylation sites is 2. The molecular weight excluding hydrogens is 604 g/mol. The molecule has 9 heteroatoms. The van der Waals surface area contributed by atoms with Gasteiger partial charge in [0.15, 0.2) is 0 Å². The van der Waals surface area contributed by atoms with Crippen LogP contribution in [0.1, 0.15) is 61.5 Å². The highest BCUT2D eigenvalue weighted by molar-refractivity contribution is 6.06. The van der Waals surface area contributed by atoms with E-state index >= 15 is 0 Å². The average Bonchev–Trinajstić information content (AvgIpc) is 3.04. The third-order valence-electron chi connectivity index (χ3n) is 8.02. The van der Waals surface area contributed by atoms with E-state index in [1.165, 1.54) is 34.6 Å². The third kappa shape index (κ3) is 8.24. The highest BCUT2D eigenvalue weighted by Gasteiger charge is 2.14. The first-order valence-corrected chi connectivity index (χ1v) is 14.9. The monoisotopic (exact) mass is 646 g/mol. The molecule has 6 aromatic rings. The summed E-state index contributed by atoms with van der Waals surface area (Å²) in [7, 11) is 0. The minimum absolute atomic E-state index is 0. The van der Waals surface area contributed by atoms with E-state index in [-0.39, 0.29) is 24.0 Å². The molecule has 0 aliphatic heterocycles. The summed E-state index contributed by atoms with van der Waals surface area (Å²) in [5, 5.41) is 12.5. The molecule has 2 aromatic heterocycles. The molecule has 0 aliphatic carbocycles. The van der Waals surface area contributed by atoms with Crippen molar-refractivity contribution in [2.24, 2.45) is 0 Å². The lowest BCUT2D eigenvalue weighted by Crippen LogP contribution is -2.22. The number of aryl methyl sites for hydroxylation is 6. The Labute approximate surface area is 279 Å². The van der Waals surface area contributed by atoms with E-state index in [0.717, 1.165) is 28.0 Å². The maximum atomic E-state index is 12.5. The minimum atomic E-state index is -1.21. The Balaban J connectivity index is 0.000000213. The van der Waals surface area contributed by atoms with Crippen molar-refractivity contribution in [2.45, 2.75) is 49.0 Å². The minimum Gasteiger partial charge on any atom is -0.477 e. The molecule has 0 fully saturated rings. The maximum Gasteiger partial charge on any atom is 0.341 e. The van der Waals surface area contributed by atoms with E-state index in [1.54, 1.807) is 36.4 Å². The van der Waals surface area contributed by atoms with Crippen LogP contribution < -0.4 is 21.9 Å². The molecule has 4 aromatic carbocycles. The number of carbonyl (C=O) groups excluding carboxylic acids is 1. The number of amides is 1. The Morgan fingerprint density at radius 2 is 1.06 bits per heavy atom. The van der Waals surface area contributed by atoms with E-state index in [9.17, 15) is 19.2 Å². The van der Waals surface area contributed by atoms with Crippen molar-refractivity contribution in [3.05, 3.63) is 150 Å². The van der Waals surface area contributed by atoms with Gasteiger partial charge in [0.25, 0.3) is 5.91 Å². The summed E-state index contributed by atoms with van der Waals surface area (Å²) < 4.78 is 0. The summed E-state index contributed by atoms with van der Waals surface area (Å²) in [6.07, 6.45) is 2.68. The molecule has 48 heavy (non-hydrogen) atoms. The van der Waals surface area contributed by atoms with Crippen molar-refractivity contribution in [2.75, 3.05) is 11.1 Å². The van der Waals surface area contributed by atoms with Crippen LogP contribution in [0.3, 0.4) is 0 Å². The summed E-state index contributed by atoms with van der Waals surface area (Å²) in [6.45, 7) is 12.2. The second-order valence-electron chi connectivity index (χ2n) is 11.5. The molecule has 0 spiro atoms. The number of carbonyl (C=O) groups is 2. The lowest BCUT2D eigenvalue weighted by Gasteiger charge is -2.11. The molecule has 0 aliphatic rings. The molecule has 9 nitrogen and oxygen atoms in total. The fraction of sp³-hybridized carbons (Fsp3) is 0.179. The van der Waals surface area contributed by atoms with Gasteiger partial charge in [-0.25, -0.2) is 4.79 Å². The van der Waals surface area contributed by atoms with Crippen molar-refractivity contribution in [1.82, 2.24) is 9.97 Å². The first-order chi connectivity index (χ1) is 22.3. The molecule has 0 unspecified atom stereocenters. The van der Waals surface area contributed by atoms with Crippen LogP contribution in [0.4, 0.5) is 11.4 Å². The van der Waals surface area contributed by atoms with Crippen molar-refractivity contribution >= 4 is 45.1 Å². The summed E-state index contributed by atoms with van der Waals surface area (Å²) in [5.74, 6) is -1.61. The summed E-state index contributed by atoms with van der Waals surface area (Å²) in [4.78, 5) is 53.0. The van der Waals surface area contributed by atoms with Crippen molar-refractivity contribution in [3.63, 3.8) is 0 Å². The van der Waals surface area contributed by atoms with Gasteiger partial charge in [-0.05, 0) is 111 Å². The zero-order valence-corrected chi connectivity index (χ0v) is 27.2. The Morgan fingerprint density at radius 1 is 0.625 bits per heavy atom. The van der Waals surface area contributed by atoms with Gasteiger partial charge in [-0.1, -0.05) is 43.8 Å². The number of hydrogen-bond acceptors (Lipinski definition) is 5. The number of nitrogens with two attached hydrogens (primary N) is 1. The number of aromatic nitrogens is 2. The quantitative estimate of drug-likeness (QED) is 0.124. The lowest BCUT2D eigenvalue weighted by molar-refractivity contribution is 0.0695. The van der Waals surface area contributed by atoms with Crippen LogP contribution in [0, 0.1) is 41.5 Å². The van der Waals surface area contributed by atoms with E-state index < -0.39 is 17.3 Å². The van der Waals surface area contributed by atoms with Crippen LogP contribution in [0.15, 0.2) is 94.8 Å². The van der Waals surface area contributed by atoms with Crippen molar-refractivity contribution < 1.29 is 14.7 Å². The molecule has 6 N–H and O–H groups in total. The van der Waals surface area contributed by atoms with E-state index in [2.05, 4.69) is 35.2 Å². The Kier molecular flexibility index (Phi) is 11.8. The number of fused-ring (bicyclic) bond motifs is 2. The zero-order chi connectivity index (χ0) is 34.4. The Bertz CT molecular complexity index is 2200. The van der Waals surface area contributed by atoms with Gasteiger partial charge in [-0.15, -0.1) is 0 Å². The standard InChI is InChI=1S/C19H18N2O2.C10H7NO3.C9H13N.CH4/c1-11-8-13(3)17(9-12(11)2)21-19(23)15-10-20-16-7-5-4-6-14(16)18(15)22;12-9-6-3-1-2-4-8(6)11-5-7(9)10(13)14;1-6-4-8(3)9(10)5-7(6)2;/h4-10H,1-3H3,(H,20,22)(H,21,23);1-5H,(H,11,12)(H,13,14);4-5H,10H2,1-3H3;1H4. The number of carboxylic acids is 1. The number of pyridine rings is 2. The van der Waals surface area contributed by atoms with E-state index in [1.807, 2.05) is 58.0 Å². The van der Waals surface area contributed by atoms with Crippen molar-refractivity contribution in [3.8, 4) is 0 Å². The molecule has 1 amide bonds. The SMILES string of the molecule is C.Cc1cc(C)c(N)cc1C.Cc1cc(C)c(NC(=O)c2c[nH]c3ccccc3c2=O)cc1C.O=C(O)c1c[nH]c2ccccc2c1=O. The van der Waals surface area contributed by atoms with Gasteiger partial charge < -0.3 is 26.1 Å². The van der Waals surface area contributed by atoms with Gasteiger partial charge >= 0.3 is 5.97 Å². The Hall–Kier alpha value is -5.96.